The molecule has 0 spiro atoms. The minimum absolute atomic E-state index is 0.0526. The van der Waals surface area contributed by atoms with Gasteiger partial charge in [-0.25, -0.2) is 0 Å². The Morgan fingerprint density at radius 2 is 1.79 bits per heavy atom. The molecule has 0 aromatic heterocycles. The summed E-state index contributed by atoms with van der Waals surface area (Å²) < 4.78 is 16.7. The van der Waals surface area contributed by atoms with Gasteiger partial charge in [0.1, 0.15) is 5.75 Å². The van der Waals surface area contributed by atoms with E-state index in [0.29, 0.717) is 18.0 Å². The van der Waals surface area contributed by atoms with Gasteiger partial charge in [0, 0.05) is 13.6 Å². The fraction of sp³-hybridized carbons (Fsp3) is 0.435. The largest absolute Gasteiger partial charge is 0.493 e. The van der Waals surface area contributed by atoms with Crippen LogP contribution in [0.1, 0.15) is 36.5 Å². The van der Waals surface area contributed by atoms with Gasteiger partial charge < -0.3 is 19.1 Å². The molecule has 1 aliphatic rings. The number of carbonyl (C=O) groups is 1. The van der Waals surface area contributed by atoms with Crippen LogP contribution in [0.2, 0.25) is 0 Å². The van der Waals surface area contributed by atoms with Gasteiger partial charge in [-0.2, -0.15) is 0 Å². The van der Waals surface area contributed by atoms with Crippen LogP contribution in [0.3, 0.4) is 0 Å². The fourth-order valence-electron chi connectivity index (χ4n) is 3.74. The van der Waals surface area contributed by atoms with Crippen LogP contribution in [0.5, 0.6) is 17.2 Å². The maximum atomic E-state index is 12.8. The zero-order valence-electron chi connectivity index (χ0n) is 17.2. The summed E-state index contributed by atoms with van der Waals surface area (Å²) in [4.78, 5) is 14.5. The van der Waals surface area contributed by atoms with Crippen LogP contribution in [0.25, 0.3) is 0 Å². The maximum absolute atomic E-state index is 12.8. The zero-order chi connectivity index (χ0) is 20.1. The molecule has 0 N–H and O–H groups in total. The van der Waals surface area contributed by atoms with E-state index in [1.54, 1.807) is 26.2 Å². The number of carbonyl (C=O) groups excluding carboxylic acids is 1. The number of aryl methyl sites for hydroxylation is 1. The molecule has 0 saturated heterocycles. The Labute approximate surface area is 167 Å². The number of amides is 1. The van der Waals surface area contributed by atoms with Crippen molar-refractivity contribution in [3.8, 4) is 17.2 Å². The van der Waals surface area contributed by atoms with E-state index in [2.05, 4.69) is 6.07 Å². The van der Waals surface area contributed by atoms with Gasteiger partial charge in [-0.3, -0.25) is 4.79 Å². The van der Waals surface area contributed by atoms with Crippen molar-refractivity contribution in [2.45, 2.75) is 45.3 Å². The van der Waals surface area contributed by atoms with E-state index < -0.39 is 6.10 Å². The SMILES string of the molecule is COc1ccc(CN(C)C(=O)[C@@H](C)Oc2cccc3c2CCCC3)cc1OC. The van der Waals surface area contributed by atoms with Gasteiger partial charge >= 0.3 is 0 Å². The molecule has 0 aliphatic heterocycles. The molecule has 28 heavy (non-hydrogen) atoms. The van der Waals surface area contributed by atoms with Crippen molar-refractivity contribution in [2.75, 3.05) is 21.3 Å². The van der Waals surface area contributed by atoms with E-state index in [4.69, 9.17) is 14.2 Å². The van der Waals surface area contributed by atoms with Gasteiger partial charge in [-0.15, -0.1) is 0 Å². The quantitative estimate of drug-likeness (QED) is 0.725. The topological polar surface area (TPSA) is 48.0 Å². The van der Waals surface area contributed by atoms with E-state index in [-0.39, 0.29) is 5.91 Å². The average Bonchev–Trinajstić information content (AvgIpc) is 2.73. The summed E-state index contributed by atoms with van der Waals surface area (Å²) in [6.07, 6.45) is 3.97. The molecule has 5 nitrogen and oxygen atoms in total. The number of methoxy groups -OCH3 is 2. The molecule has 0 saturated carbocycles. The zero-order valence-corrected chi connectivity index (χ0v) is 17.2. The van der Waals surface area contributed by atoms with Crippen LogP contribution in [-0.2, 0) is 24.2 Å². The van der Waals surface area contributed by atoms with Crippen molar-refractivity contribution in [1.29, 1.82) is 0 Å². The van der Waals surface area contributed by atoms with Gasteiger partial charge in [-0.1, -0.05) is 18.2 Å². The van der Waals surface area contributed by atoms with Crippen molar-refractivity contribution >= 4 is 5.91 Å². The summed E-state index contributed by atoms with van der Waals surface area (Å²) in [6.45, 7) is 2.29. The van der Waals surface area contributed by atoms with Crippen LogP contribution in [0, 0.1) is 0 Å². The number of likely N-dealkylation sites (N-methyl/N-ethyl adjacent to an activating group) is 1. The van der Waals surface area contributed by atoms with Crippen LogP contribution < -0.4 is 14.2 Å². The van der Waals surface area contributed by atoms with Gasteiger partial charge in [-0.05, 0) is 67.5 Å². The Balaban J connectivity index is 1.66. The summed E-state index contributed by atoms with van der Waals surface area (Å²) in [7, 11) is 5.00. The molecule has 0 fully saturated rings. The highest BCUT2D eigenvalue weighted by molar-refractivity contribution is 5.80. The third kappa shape index (κ3) is 4.41. The van der Waals surface area contributed by atoms with E-state index in [1.807, 2.05) is 37.3 Å². The summed E-state index contributed by atoms with van der Waals surface area (Å²) >= 11 is 0. The van der Waals surface area contributed by atoms with Gasteiger partial charge in [0.2, 0.25) is 0 Å². The number of rotatable bonds is 7. The molecule has 2 aromatic carbocycles. The average molecular weight is 383 g/mol. The number of fused-ring (bicyclic) bond motifs is 1. The second-order valence-corrected chi connectivity index (χ2v) is 7.24. The molecule has 150 valence electrons. The maximum Gasteiger partial charge on any atom is 0.263 e. The minimum Gasteiger partial charge on any atom is -0.493 e. The van der Waals surface area contributed by atoms with Crippen molar-refractivity contribution in [1.82, 2.24) is 4.90 Å². The summed E-state index contributed by atoms with van der Waals surface area (Å²) in [5.74, 6) is 2.12. The van der Waals surface area contributed by atoms with Gasteiger partial charge in [0.25, 0.3) is 5.91 Å². The van der Waals surface area contributed by atoms with Crippen LogP contribution in [0.15, 0.2) is 36.4 Å². The molecule has 0 bridgehead atoms. The predicted molar refractivity (Wildman–Crippen MR) is 109 cm³/mol. The molecule has 1 atom stereocenters. The van der Waals surface area contributed by atoms with E-state index in [0.717, 1.165) is 24.2 Å². The molecule has 0 heterocycles. The van der Waals surface area contributed by atoms with Crippen molar-refractivity contribution in [2.24, 2.45) is 0 Å². The summed E-state index contributed by atoms with van der Waals surface area (Å²) in [6, 6.07) is 11.8. The van der Waals surface area contributed by atoms with Crippen LogP contribution in [0.4, 0.5) is 0 Å². The van der Waals surface area contributed by atoms with Crippen molar-refractivity contribution in [3.05, 3.63) is 53.1 Å². The fourth-order valence-corrected chi connectivity index (χ4v) is 3.74. The van der Waals surface area contributed by atoms with Crippen LogP contribution >= 0.6 is 0 Å². The highest BCUT2D eigenvalue weighted by Gasteiger charge is 2.22. The Morgan fingerprint density at radius 3 is 2.54 bits per heavy atom. The standard InChI is InChI=1S/C23H29NO4/c1-16(28-20-11-7-9-18-8-5-6-10-19(18)20)23(25)24(2)15-17-12-13-21(26-3)22(14-17)27-4/h7,9,11-14,16H,5-6,8,10,15H2,1-4H3/t16-/m1/s1. The first-order valence-electron chi connectivity index (χ1n) is 9.76. The van der Waals surface area contributed by atoms with Crippen molar-refractivity contribution in [3.63, 3.8) is 0 Å². The lowest BCUT2D eigenvalue weighted by atomic mass is 9.91. The molecular weight excluding hydrogens is 354 g/mol. The summed E-state index contributed by atoms with van der Waals surface area (Å²) in [5.41, 5.74) is 3.58. The lowest BCUT2D eigenvalue weighted by Gasteiger charge is -2.25. The first kappa shape index (κ1) is 20.1. The third-order valence-electron chi connectivity index (χ3n) is 5.25. The number of ether oxygens (including phenoxy) is 3. The number of nitrogens with zero attached hydrogens (tertiary/aromatic N) is 1. The Kier molecular flexibility index (Phi) is 6.45. The first-order chi connectivity index (χ1) is 13.5. The second kappa shape index (κ2) is 9.00. The number of hydrogen-bond donors (Lipinski definition) is 0. The monoisotopic (exact) mass is 383 g/mol. The molecular formula is C23H29NO4. The molecule has 1 aliphatic carbocycles. The first-order valence-corrected chi connectivity index (χ1v) is 9.76. The normalized spacial score (nSPS) is 14.0. The third-order valence-corrected chi connectivity index (χ3v) is 5.25. The van der Waals surface area contributed by atoms with E-state index in [1.165, 1.54) is 24.0 Å². The minimum atomic E-state index is -0.543. The van der Waals surface area contributed by atoms with Crippen molar-refractivity contribution < 1.29 is 19.0 Å². The molecule has 0 radical (unpaired) electrons. The predicted octanol–water partition coefficient (Wildman–Crippen LogP) is 4.01. The van der Waals surface area contributed by atoms with Crippen LogP contribution in [-0.4, -0.2) is 38.2 Å². The molecule has 0 unspecified atom stereocenters. The Bertz CT molecular complexity index is 833. The van der Waals surface area contributed by atoms with Gasteiger partial charge in [0.15, 0.2) is 17.6 Å². The van der Waals surface area contributed by atoms with E-state index >= 15 is 0 Å². The highest BCUT2D eigenvalue weighted by Crippen LogP contribution is 2.31. The number of benzene rings is 2. The highest BCUT2D eigenvalue weighted by atomic mass is 16.5. The summed E-state index contributed by atoms with van der Waals surface area (Å²) in [5, 5.41) is 0. The van der Waals surface area contributed by atoms with E-state index in [9.17, 15) is 4.79 Å². The lowest BCUT2D eigenvalue weighted by Crippen LogP contribution is -2.37. The number of hydrogen-bond acceptors (Lipinski definition) is 4. The second-order valence-electron chi connectivity index (χ2n) is 7.24. The Morgan fingerprint density at radius 1 is 1.04 bits per heavy atom. The molecule has 2 aromatic rings. The van der Waals surface area contributed by atoms with Gasteiger partial charge in [0.05, 0.1) is 14.2 Å². The molecule has 3 rings (SSSR count). The Hall–Kier alpha value is -2.69. The molecule has 1 amide bonds. The smallest absolute Gasteiger partial charge is 0.263 e. The lowest BCUT2D eigenvalue weighted by molar-refractivity contribution is -0.137. The molecule has 5 heteroatoms.